The van der Waals surface area contributed by atoms with Crippen molar-refractivity contribution in [2.45, 2.75) is 12.5 Å². The van der Waals surface area contributed by atoms with Crippen LogP contribution in [0.3, 0.4) is 0 Å². The summed E-state index contributed by atoms with van der Waals surface area (Å²) in [7, 11) is 1.81. The lowest BCUT2D eigenvalue weighted by atomic mass is 10.2. The van der Waals surface area contributed by atoms with Crippen molar-refractivity contribution in [2.75, 3.05) is 30.4 Å². The molecule has 0 spiro atoms. The van der Waals surface area contributed by atoms with E-state index in [-0.39, 0.29) is 11.9 Å². The molecular weight excluding hydrogens is 204 g/mol. The Labute approximate surface area is 94.4 Å². The van der Waals surface area contributed by atoms with Crippen molar-refractivity contribution in [3.63, 3.8) is 0 Å². The van der Waals surface area contributed by atoms with Gasteiger partial charge in [-0.15, -0.1) is 0 Å². The van der Waals surface area contributed by atoms with Crippen LogP contribution in [0.5, 0.6) is 0 Å². The van der Waals surface area contributed by atoms with Crippen molar-refractivity contribution in [3.05, 3.63) is 18.2 Å². The number of amides is 1. The highest BCUT2D eigenvalue weighted by Gasteiger charge is 2.28. The minimum Gasteiger partial charge on any atom is -0.397 e. The van der Waals surface area contributed by atoms with Gasteiger partial charge in [0.25, 0.3) is 0 Å². The highest BCUT2D eigenvalue weighted by molar-refractivity contribution is 5.86. The zero-order valence-corrected chi connectivity index (χ0v) is 9.23. The molecule has 1 aliphatic rings. The molecule has 1 unspecified atom stereocenters. The van der Waals surface area contributed by atoms with E-state index in [1.807, 2.05) is 6.07 Å². The van der Waals surface area contributed by atoms with Crippen LogP contribution in [0.25, 0.3) is 0 Å². The second-order valence-electron chi connectivity index (χ2n) is 4.09. The Bertz CT molecular complexity index is 418. The van der Waals surface area contributed by atoms with E-state index < -0.39 is 0 Å². The average molecular weight is 220 g/mol. The van der Waals surface area contributed by atoms with Crippen LogP contribution in [0.1, 0.15) is 6.42 Å². The van der Waals surface area contributed by atoms with Crippen LogP contribution < -0.4 is 16.8 Å². The molecule has 1 atom stereocenters. The topological polar surface area (TPSA) is 84.4 Å². The van der Waals surface area contributed by atoms with Crippen LogP contribution in [-0.4, -0.2) is 30.4 Å². The fourth-order valence-electron chi connectivity index (χ4n) is 1.82. The molecule has 0 aliphatic carbocycles. The maximum Gasteiger partial charge on any atom is 0.244 e. The van der Waals surface area contributed by atoms with Crippen LogP contribution >= 0.6 is 0 Å². The summed E-state index contributed by atoms with van der Waals surface area (Å²) in [5.74, 6) is 0.121. The van der Waals surface area contributed by atoms with E-state index in [1.165, 1.54) is 0 Å². The molecule has 1 aromatic carbocycles. The zero-order valence-electron chi connectivity index (χ0n) is 9.23. The number of likely N-dealkylation sites (N-methyl/N-ethyl adjacent to an activating group) is 1. The van der Waals surface area contributed by atoms with Gasteiger partial charge in [0.15, 0.2) is 0 Å². The molecule has 0 radical (unpaired) electrons. The summed E-state index contributed by atoms with van der Waals surface area (Å²) in [6.45, 7) is 0.793. The molecule has 5 heteroatoms. The Morgan fingerprint density at radius 3 is 2.69 bits per heavy atom. The monoisotopic (exact) mass is 220 g/mol. The molecule has 0 saturated carbocycles. The number of carbonyl (C=O) groups excluding carboxylic acids is 1. The van der Waals surface area contributed by atoms with Crippen LogP contribution in [0, 0.1) is 0 Å². The average Bonchev–Trinajstić information content (AvgIpc) is 2.55. The van der Waals surface area contributed by atoms with E-state index in [4.69, 9.17) is 11.5 Å². The number of hydrogen-bond donors (Lipinski definition) is 3. The van der Waals surface area contributed by atoms with E-state index in [0.717, 1.165) is 18.7 Å². The third kappa shape index (κ3) is 1.88. The second kappa shape index (κ2) is 3.92. The summed E-state index contributed by atoms with van der Waals surface area (Å²) >= 11 is 0. The molecular formula is C11H16N4O. The van der Waals surface area contributed by atoms with Crippen molar-refractivity contribution in [3.8, 4) is 0 Å². The first-order valence-electron chi connectivity index (χ1n) is 5.24. The van der Waals surface area contributed by atoms with Crippen LogP contribution in [-0.2, 0) is 4.79 Å². The van der Waals surface area contributed by atoms with Gasteiger partial charge in [-0.25, -0.2) is 0 Å². The minimum atomic E-state index is -0.145. The zero-order chi connectivity index (χ0) is 11.7. The van der Waals surface area contributed by atoms with Crippen molar-refractivity contribution >= 4 is 23.0 Å². The Morgan fingerprint density at radius 1 is 1.38 bits per heavy atom. The summed E-state index contributed by atoms with van der Waals surface area (Å²) in [5, 5.41) is 3.16. The third-order valence-corrected chi connectivity index (χ3v) is 2.86. The smallest absolute Gasteiger partial charge is 0.244 e. The van der Waals surface area contributed by atoms with Crippen molar-refractivity contribution < 1.29 is 4.79 Å². The van der Waals surface area contributed by atoms with Crippen molar-refractivity contribution in [2.24, 2.45) is 0 Å². The van der Waals surface area contributed by atoms with Crippen molar-refractivity contribution in [1.82, 2.24) is 4.90 Å². The molecule has 2 rings (SSSR count). The van der Waals surface area contributed by atoms with Crippen molar-refractivity contribution in [1.29, 1.82) is 0 Å². The predicted octanol–water partition coefficient (Wildman–Crippen LogP) is 0.494. The maximum absolute atomic E-state index is 11.7. The molecule has 0 bridgehead atoms. The first kappa shape index (κ1) is 10.6. The van der Waals surface area contributed by atoms with Crippen LogP contribution in [0.4, 0.5) is 17.1 Å². The SMILES string of the molecule is CN1CCC(Nc2ccc(N)c(N)c2)C1=O. The van der Waals surface area contributed by atoms with E-state index >= 15 is 0 Å². The van der Waals surface area contributed by atoms with Gasteiger partial charge in [0.1, 0.15) is 6.04 Å². The number of nitrogens with two attached hydrogens (primary N) is 2. The van der Waals surface area contributed by atoms with Gasteiger partial charge in [-0.3, -0.25) is 4.79 Å². The summed E-state index contributed by atoms with van der Waals surface area (Å²) in [6, 6.07) is 5.17. The van der Waals surface area contributed by atoms with Gasteiger partial charge < -0.3 is 21.7 Å². The fourth-order valence-corrected chi connectivity index (χ4v) is 1.82. The van der Waals surface area contributed by atoms with Gasteiger partial charge >= 0.3 is 0 Å². The summed E-state index contributed by atoms with van der Waals surface area (Å²) in [4.78, 5) is 13.4. The lowest BCUT2D eigenvalue weighted by Crippen LogP contribution is -2.30. The molecule has 16 heavy (non-hydrogen) atoms. The van der Waals surface area contributed by atoms with Gasteiger partial charge in [0.05, 0.1) is 11.4 Å². The van der Waals surface area contributed by atoms with E-state index in [2.05, 4.69) is 5.32 Å². The normalized spacial score (nSPS) is 20.2. The maximum atomic E-state index is 11.7. The number of nitrogens with one attached hydrogen (secondary N) is 1. The first-order valence-corrected chi connectivity index (χ1v) is 5.24. The second-order valence-corrected chi connectivity index (χ2v) is 4.09. The molecule has 1 fully saturated rings. The van der Waals surface area contributed by atoms with E-state index in [9.17, 15) is 4.79 Å². The first-order chi connectivity index (χ1) is 7.58. The molecule has 5 nitrogen and oxygen atoms in total. The molecule has 86 valence electrons. The molecule has 1 heterocycles. The van der Waals surface area contributed by atoms with Gasteiger partial charge in [0, 0.05) is 19.3 Å². The molecule has 0 aromatic heterocycles. The molecule has 5 N–H and O–H groups in total. The number of rotatable bonds is 2. The predicted molar refractivity (Wildman–Crippen MR) is 64.9 cm³/mol. The Hall–Kier alpha value is -1.91. The summed E-state index contributed by atoms with van der Waals surface area (Å²) < 4.78 is 0. The van der Waals surface area contributed by atoms with Crippen LogP contribution in [0.15, 0.2) is 18.2 Å². The Morgan fingerprint density at radius 2 is 2.12 bits per heavy atom. The molecule has 1 saturated heterocycles. The van der Waals surface area contributed by atoms with Gasteiger partial charge in [-0.2, -0.15) is 0 Å². The molecule has 1 amide bonds. The Kier molecular flexibility index (Phi) is 2.60. The number of nitrogens with zero attached hydrogens (tertiary/aromatic N) is 1. The van der Waals surface area contributed by atoms with Gasteiger partial charge in [-0.1, -0.05) is 0 Å². The van der Waals surface area contributed by atoms with Gasteiger partial charge in [0.2, 0.25) is 5.91 Å². The van der Waals surface area contributed by atoms with Gasteiger partial charge in [-0.05, 0) is 24.6 Å². The number of hydrogen-bond acceptors (Lipinski definition) is 4. The molecule has 1 aromatic rings. The number of benzene rings is 1. The molecule has 1 aliphatic heterocycles. The number of nitrogen functional groups attached to an aromatic ring is 2. The minimum absolute atomic E-state index is 0.121. The lowest BCUT2D eigenvalue weighted by Gasteiger charge is -2.14. The lowest BCUT2D eigenvalue weighted by molar-refractivity contribution is -0.127. The highest BCUT2D eigenvalue weighted by atomic mass is 16.2. The highest BCUT2D eigenvalue weighted by Crippen LogP contribution is 2.22. The summed E-state index contributed by atoms with van der Waals surface area (Å²) in [6.07, 6.45) is 0.819. The number of carbonyl (C=O) groups is 1. The number of likely N-dealkylation sites (tertiary alicyclic amines) is 1. The standard InChI is InChI=1S/C11H16N4O/c1-15-5-4-10(11(15)16)14-7-2-3-8(12)9(13)6-7/h2-3,6,10,14H,4-5,12-13H2,1H3. The third-order valence-electron chi connectivity index (χ3n) is 2.86. The van der Waals surface area contributed by atoms with E-state index in [0.29, 0.717) is 11.4 Å². The quantitative estimate of drug-likeness (QED) is 0.633. The Balaban J connectivity index is 2.10. The fraction of sp³-hybridized carbons (Fsp3) is 0.364. The van der Waals surface area contributed by atoms with E-state index in [1.54, 1.807) is 24.1 Å². The summed E-state index contributed by atoms with van der Waals surface area (Å²) in [5.41, 5.74) is 13.2. The van der Waals surface area contributed by atoms with Crippen LogP contribution in [0.2, 0.25) is 0 Å². The largest absolute Gasteiger partial charge is 0.397 e. The number of anilines is 3.